The number of hydrogen-bond donors (Lipinski definition) is 1. The molecule has 0 radical (unpaired) electrons. The molecule has 0 atom stereocenters. The van der Waals surface area contributed by atoms with Crippen LogP contribution >= 0.6 is 11.6 Å². The average Bonchev–Trinajstić information content (AvgIpc) is 2.71. The standard InChI is InChI=1S/C22H20ClF3N2O/c23-18-6-3-5-16(12-18)15-8-10-21(14-27,11-9-15)20(29)28-13-17-4-1-2-7-19(17)22(24,25)26/h1-7,12,15H,8-11,13H2,(H,28,29)/t15-,21+. The normalized spacial score (nSPS) is 22.0. The van der Waals surface area contributed by atoms with Gasteiger partial charge in [0.05, 0.1) is 11.6 Å². The number of nitriles is 1. The van der Waals surface area contributed by atoms with Gasteiger partial charge < -0.3 is 5.32 Å². The molecule has 1 saturated carbocycles. The third-order valence-electron chi connectivity index (χ3n) is 5.57. The van der Waals surface area contributed by atoms with Gasteiger partial charge in [-0.2, -0.15) is 18.4 Å². The molecular formula is C22H20ClF3N2O. The van der Waals surface area contributed by atoms with Gasteiger partial charge in [0.25, 0.3) is 0 Å². The molecule has 1 N–H and O–H groups in total. The second kappa shape index (κ2) is 8.46. The Balaban J connectivity index is 1.67. The van der Waals surface area contributed by atoms with Crippen molar-refractivity contribution in [2.24, 2.45) is 5.41 Å². The largest absolute Gasteiger partial charge is 0.416 e. The first-order chi connectivity index (χ1) is 13.7. The van der Waals surface area contributed by atoms with Crippen LogP contribution in [-0.2, 0) is 17.5 Å². The molecule has 1 aliphatic rings. The molecule has 1 fully saturated rings. The van der Waals surface area contributed by atoms with E-state index in [9.17, 15) is 23.2 Å². The number of nitrogens with one attached hydrogen (secondary N) is 1. The number of nitrogens with zero attached hydrogens (tertiary/aromatic N) is 1. The summed E-state index contributed by atoms with van der Waals surface area (Å²) in [5.74, 6) is -0.310. The number of carbonyl (C=O) groups excluding carboxylic acids is 1. The second-order valence-electron chi connectivity index (χ2n) is 7.36. The van der Waals surface area contributed by atoms with Gasteiger partial charge >= 0.3 is 6.18 Å². The van der Waals surface area contributed by atoms with Crippen molar-refractivity contribution in [1.82, 2.24) is 5.32 Å². The van der Waals surface area contributed by atoms with E-state index in [0.717, 1.165) is 11.6 Å². The zero-order valence-electron chi connectivity index (χ0n) is 15.6. The Morgan fingerprint density at radius 2 is 1.86 bits per heavy atom. The van der Waals surface area contributed by atoms with Crippen LogP contribution in [0.25, 0.3) is 0 Å². The molecule has 3 rings (SSSR count). The predicted molar refractivity (Wildman–Crippen MR) is 104 cm³/mol. The van der Waals surface area contributed by atoms with E-state index in [0.29, 0.717) is 30.7 Å². The van der Waals surface area contributed by atoms with E-state index < -0.39 is 23.1 Å². The number of carbonyl (C=O) groups is 1. The topological polar surface area (TPSA) is 52.9 Å². The fraction of sp³-hybridized carbons (Fsp3) is 0.364. The minimum absolute atomic E-state index is 0.0194. The van der Waals surface area contributed by atoms with Crippen molar-refractivity contribution in [2.45, 2.75) is 44.3 Å². The lowest BCUT2D eigenvalue weighted by Crippen LogP contribution is -2.42. The summed E-state index contributed by atoms with van der Waals surface area (Å²) in [5.41, 5.74) is -0.948. The molecule has 2 aromatic rings. The van der Waals surface area contributed by atoms with Crippen molar-refractivity contribution in [3.8, 4) is 6.07 Å². The lowest BCUT2D eigenvalue weighted by Gasteiger charge is -2.34. The summed E-state index contributed by atoms with van der Waals surface area (Å²) in [6.07, 6.45) is -2.51. The molecule has 1 amide bonds. The maximum atomic E-state index is 13.1. The van der Waals surface area contributed by atoms with E-state index in [1.807, 2.05) is 18.2 Å². The Morgan fingerprint density at radius 1 is 1.17 bits per heavy atom. The molecule has 7 heteroatoms. The summed E-state index contributed by atoms with van der Waals surface area (Å²) in [5, 5.41) is 12.9. The van der Waals surface area contributed by atoms with E-state index in [-0.39, 0.29) is 18.0 Å². The third-order valence-corrected chi connectivity index (χ3v) is 5.81. The fourth-order valence-electron chi connectivity index (χ4n) is 3.89. The van der Waals surface area contributed by atoms with Gasteiger partial charge in [-0.15, -0.1) is 0 Å². The lowest BCUT2D eigenvalue weighted by molar-refractivity contribution is -0.138. The van der Waals surface area contributed by atoms with Crippen molar-refractivity contribution in [3.05, 3.63) is 70.2 Å². The molecule has 29 heavy (non-hydrogen) atoms. The van der Waals surface area contributed by atoms with E-state index in [1.54, 1.807) is 6.07 Å². The summed E-state index contributed by atoms with van der Waals surface area (Å²) in [6.45, 7) is -0.268. The van der Waals surface area contributed by atoms with Crippen molar-refractivity contribution in [1.29, 1.82) is 5.26 Å². The molecule has 0 heterocycles. The van der Waals surface area contributed by atoms with Crippen molar-refractivity contribution in [3.63, 3.8) is 0 Å². The highest BCUT2D eigenvalue weighted by molar-refractivity contribution is 6.30. The van der Waals surface area contributed by atoms with Crippen LogP contribution in [0.15, 0.2) is 48.5 Å². The number of amides is 1. The van der Waals surface area contributed by atoms with Crippen molar-refractivity contribution in [2.75, 3.05) is 0 Å². The van der Waals surface area contributed by atoms with Gasteiger partial charge in [-0.25, -0.2) is 0 Å². The summed E-state index contributed by atoms with van der Waals surface area (Å²) >= 11 is 6.05. The number of hydrogen-bond acceptors (Lipinski definition) is 2. The van der Waals surface area contributed by atoms with E-state index >= 15 is 0 Å². The van der Waals surface area contributed by atoms with Crippen molar-refractivity contribution >= 4 is 17.5 Å². The van der Waals surface area contributed by atoms with Gasteiger partial charge in [-0.05, 0) is 60.9 Å². The van der Waals surface area contributed by atoms with Crippen LogP contribution in [0.1, 0.15) is 48.3 Å². The first kappa shape index (κ1) is 21.2. The summed E-state index contributed by atoms with van der Waals surface area (Å²) in [7, 11) is 0. The summed E-state index contributed by atoms with van der Waals surface area (Å²) in [6, 6.07) is 14.8. The van der Waals surface area contributed by atoms with Crippen LogP contribution in [0.5, 0.6) is 0 Å². The highest BCUT2D eigenvalue weighted by atomic mass is 35.5. The smallest absolute Gasteiger partial charge is 0.351 e. The average molecular weight is 421 g/mol. The van der Waals surface area contributed by atoms with Gasteiger partial charge in [0.1, 0.15) is 5.41 Å². The van der Waals surface area contributed by atoms with Gasteiger partial charge in [0.2, 0.25) is 5.91 Å². The zero-order chi connectivity index (χ0) is 21.1. The maximum Gasteiger partial charge on any atom is 0.416 e. The van der Waals surface area contributed by atoms with Gasteiger partial charge in [0, 0.05) is 11.6 Å². The monoisotopic (exact) mass is 420 g/mol. The first-order valence-corrected chi connectivity index (χ1v) is 9.73. The third kappa shape index (κ3) is 4.73. The quantitative estimate of drug-likeness (QED) is 0.675. The van der Waals surface area contributed by atoms with E-state index in [1.165, 1.54) is 18.2 Å². The van der Waals surface area contributed by atoms with Crippen LogP contribution in [0.4, 0.5) is 13.2 Å². The Bertz CT molecular complexity index is 928. The Hall–Kier alpha value is -2.52. The Kier molecular flexibility index (Phi) is 6.18. The van der Waals surface area contributed by atoms with E-state index in [4.69, 9.17) is 11.6 Å². The van der Waals surface area contributed by atoms with E-state index in [2.05, 4.69) is 11.4 Å². The number of alkyl halides is 3. The molecule has 152 valence electrons. The van der Waals surface area contributed by atoms with Gasteiger partial charge in [0.15, 0.2) is 0 Å². The molecule has 0 aliphatic heterocycles. The Labute approximate surface area is 172 Å². The Morgan fingerprint density at radius 3 is 2.48 bits per heavy atom. The van der Waals surface area contributed by atoms with Crippen LogP contribution in [0.2, 0.25) is 5.02 Å². The maximum absolute atomic E-state index is 13.1. The number of benzene rings is 2. The predicted octanol–water partition coefficient (Wildman–Crippen LogP) is 5.84. The molecule has 3 nitrogen and oxygen atoms in total. The molecule has 0 spiro atoms. The first-order valence-electron chi connectivity index (χ1n) is 9.35. The second-order valence-corrected chi connectivity index (χ2v) is 7.80. The minimum Gasteiger partial charge on any atom is -0.351 e. The van der Waals surface area contributed by atoms with Crippen LogP contribution in [0, 0.1) is 16.7 Å². The van der Waals surface area contributed by atoms with Gasteiger partial charge in [-0.1, -0.05) is 41.9 Å². The molecule has 2 aromatic carbocycles. The summed E-state index contributed by atoms with van der Waals surface area (Å²) in [4.78, 5) is 12.7. The molecule has 0 unspecified atom stereocenters. The van der Waals surface area contributed by atoms with Gasteiger partial charge in [-0.3, -0.25) is 4.79 Å². The van der Waals surface area contributed by atoms with Crippen molar-refractivity contribution < 1.29 is 18.0 Å². The zero-order valence-corrected chi connectivity index (χ0v) is 16.4. The number of halogens is 4. The highest BCUT2D eigenvalue weighted by Crippen LogP contribution is 2.43. The SMILES string of the molecule is N#C[C@]1(C(=O)NCc2ccccc2C(F)(F)F)CC[C@@H](c2cccc(Cl)c2)CC1. The molecule has 0 aromatic heterocycles. The highest BCUT2D eigenvalue weighted by Gasteiger charge is 2.42. The molecule has 0 saturated heterocycles. The van der Waals surface area contributed by atoms with Crippen LogP contribution in [-0.4, -0.2) is 5.91 Å². The molecular weight excluding hydrogens is 401 g/mol. The minimum atomic E-state index is -4.50. The lowest BCUT2D eigenvalue weighted by atomic mass is 9.69. The molecule has 0 bridgehead atoms. The van der Waals surface area contributed by atoms with Crippen LogP contribution < -0.4 is 5.32 Å². The summed E-state index contributed by atoms with van der Waals surface area (Å²) < 4.78 is 39.4. The fourth-order valence-corrected chi connectivity index (χ4v) is 4.09. The molecule has 1 aliphatic carbocycles. The van der Waals surface area contributed by atoms with Crippen LogP contribution in [0.3, 0.4) is 0 Å². The number of rotatable bonds is 4.